The Balaban J connectivity index is 0.00000280. The third-order valence-electron chi connectivity index (χ3n) is 5.34. The predicted octanol–water partition coefficient (Wildman–Crippen LogP) is 2.70. The maximum absolute atomic E-state index is 14.0. The fraction of sp³-hybridized carbons (Fsp3) is 0.700. The molecule has 1 aromatic rings. The number of pyridine rings is 1. The summed E-state index contributed by atoms with van der Waals surface area (Å²) in [6.07, 6.45) is 5.24. The lowest BCUT2D eigenvalue weighted by Crippen LogP contribution is -2.45. The second-order valence-electron chi connectivity index (χ2n) is 7.69. The molecule has 0 radical (unpaired) electrons. The van der Waals surface area contributed by atoms with Gasteiger partial charge in [-0.1, -0.05) is 6.92 Å². The number of hydrogen-bond acceptors (Lipinski definition) is 4. The minimum atomic E-state index is -0.255. The van der Waals surface area contributed by atoms with Gasteiger partial charge in [0.1, 0.15) is 0 Å². The fourth-order valence-corrected chi connectivity index (χ4v) is 3.99. The van der Waals surface area contributed by atoms with Gasteiger partial charge in [0.2, 0.25) is 0 Å². The molecule has 0 bridgehead atoms. The lowest BCUT2D eigenvalue weighted by molar-refractivity contribution is 0.189. The molecule has 0 spiro atoms. The van der Waals surface area contributed by atoms with Crippen molar-refractivity contribution in [2.45, 2.75) is 39.2 Å². The van der Waals surface area contributed by atoms with Gasteiger partial charge in [0.05, 0.1) is 6.54 Å². The fourth-order valence-electron chi connectivity index (χ4n) is 3.99. The van der Waals surface area contributed by atoms with Crippen LogP contribution in [-0.4, -0.2) is 67.7 Å². The molecule has 2 fully saturated rings. The van der Waals surface area contributed by atoms with E-state index < -0.39 is 0 Å². The van der Waals surface area contributed by atoms with Crippen LogP contribution in [0.5, 0.6) is 0 Å². The maximum Gasteiger partial charge on any atom is 0.191 e. The summed E-state index contributed by atoms with van der Waals surface area (Å²) in [6.45, 7) is 11.0. The zero-order valence-electron chi connectivity index (χ0n) is 17.0. The standard InChI is InChI=1S/C20H33FN6.HI/c1-3-22-20(24-10-13-26-11-5-6-16(2)14-26)25-17-8-12-27(15-17)19-18(21)7-4-9-23-19;/h4,7,9,16-17H,3,5-6,8,10-15H2,1-2H3,(H2,22,24,25);1H. The summed E-state index contributed by atoms with van der Waals surface area (Å²) in [4.78, 5) is 13.5. The molecule has 2 unspecified atom stereocenters. The van der Waals surface area contributed by atoms with E-state index in [0.717, 1.165) is 51.0 Å². The molecule has 1 aromatic heterocycles. The van der Waals surface area contributed by atoms with E-state index in [2.05, 4.69) is 34.4 Å². The average molecular weight is 504 g/mol. The van der Waals surface area contributed by atoms with Crippen LogP contribution >= 0.6 is 24.0 Å². The van der Waals surface area contributed by atoms with E-state index in [0.29, 0.717) is 5.82 Å². The van der Waals surface area contributed by atoms with Crippen LogP contribution in [0.1, 0.15) is 33.1 Å². The van der Waals surface area contributed by atoms with Gasteiger partial charge in [-0.05, 0) is 50.8 Å². The van der Waals surface area contributed by atoms with E-state index >= 15 is 0 Å². The van der Waals surface area contributed by atoms with Crippen molar-refractivity contribution in [3.8, 4) is 0 Å². The molecular weight excluding hydrogens is 470 g/mol. The highest BCUT2D eigenvalue weighted by atomic mass is 127. The lowest BCUT2D eigenvalue weighted by atomic mass is 10.0. The first-order chi connectivity index (χ1) is 13.2. The quantitative estimate of drug-likeness (QED) is 0.355. The highest BCUT2D eigenvalue weighted by Crippen LogP contribution is 2.20. The second-order valence-corrected chi connectivity index (χ2v) is 7.69. The zero-order chi connectivity index (χ0) is 19.1. The van der Waals surface area contributed by atoms with Crippen LogP contribution in [0.15, 0.2) is 23.3 Å². The Bertz CT molecular complexity index is 628. The molecule has 2 saturated heterocycles. The molecule has 2 atom stereocenters. The lowest BCUT2D eigenvalue weighted by Gasteiger charge is -2.30. The number of nitrogens with zero attached hydrogens (tertiary/aromatic N) is 4. The van der Waals surface area contributed by atoms with Crippen LogP contribution in [0.2, 0.25) is 0 Å². The van der Waals surface area contributed by atoms with Gasteiger partial charge in [-0.3, -0.25) is 4.99 Å². The summed E-state index contributed by atoms with van der Waals surface area (Å²) in [5, 5.41) is 6.85. The summed E-state index contributed by atoms with van der Waals surface area (Å²) in [5.74, 6) is 1.85. The van der Waals surface area contributed by atoms with Crippen LogP contribution in [0, 0.1) is 11.7 Å². The van der Waals surface area contributed by atoms with Crippen molar-refractivity contribution in [3.05, 3.63) is 24.1 Å². The number of likely N-dealkylation sites (tertiary alicyclic amines) is 1. The monoisotopic (exact) mass is 504 g/mol. The molecule has 28 heavy (non-hydrogen) atoms. The molecular formula is C20H34FIN6. The van der Waals surface area contributed by atoms with Crippen molar-refractivity contribution in [1.29, 1.82) is 0 Å². The molecule has 0 aromatic carbocycles. The van der Waals surface area contributed by atoms with Crippen LogP contribution in [0.3, 0.4) is 0 Å². The topological polar surface area (TPSA) is 55.8 Å². The Morgan fingerprint density at radius 1 is 1.32 bits per heavy atom. The van der Waals surface area contributed by atoms with E-state index in [9.17, 15) is 4.39 Å². The van der Waals surface area contributed by atoms with Crippen LogP contribution in [-0.2, 0) is 0 Å². The first-order valence-corrected chi connectivity index (χ1v) is 10.3. The minimum absolute atomic E-state index is 0. The van der Waals surface area contributed by atoms with Crippen LogP contribution < -0.4 is 15.5 Å². The molecule has 2 N–H and O–H groups in total. The number of piperidine rings is 1. The van der Waals surface area contributed by atoms with E-state index in [-0.39, 0.29) is 35.8 Å². The SMILES string of the molecule is CCNC(=NCCN1CCCC(C)C1)NC1CCN(c2ncccc2F)C1.I. The Morgan fingerprint density at radius 2 is 2.18 bits per heavy atom. The Labute approximate surface area is 185 Å². The first kappa shape index (κ1) is 23.1. The molecule has 0 aliphatic carbocycles. The molecule has 2 aliphatic heterocycles. The normalized spacial score (nSPS) is 23.4. The predicted molar refractivity (Wildman–Crippen MR) is 124 cm³/mol. The molecule has 158 valence electrons. The molecule has 3 rings (SSSR count). The molecule has 6 nitrogen and oxygen atoms in total. The minimum Gasteiger partial charge on any atom is -0.357 e. The van der Waals surface area contributed by atoms with Crippen LogP contribution in [0.25, 0.3) is 0 Å². The first-order valence-electron chi connectivity index (χ1n) is 10.3. The van der Waals surface area contributed by atoms with Gasteiger partial charge in [-0.15, -0.1) is 24.0 Å². The summed E-state index contributed by atoms with van der Waals surface area (Å²) in [6, 6.07) is 3.35. The number of guanidine groups is 1. The molecule has 2 aliphatic rings. The Morgan fingerprint density at radius 3 is 2.93 bits per heavy atom. The number of anilines is 1. The Kier molecular flexibility index (Phi) is 9.70. The smallest absolute Gasteiger partial charge is 0.191 e. The summed E-state index contributed by atoms with van der Waals surface area (Å²) >= 11 is 0. The van der Waals surface area contributed by atoms with Crippen molar-refractivity contribution in [3.63, 3.8) is 0 Å². The summed E-state index contributed by atoms with van der Waals surface area (Å²) < 4.78 is 14.0. The average Bonchev–Trinajstić information content (AvgIpc) is 3.10. The largest absolute Gasteiger partial charge is 0.357 e. The van der Waals surface area contributed by atoms with Crippen molar-refractivity contribution < 1.29 is 4.39 Å². The van der Waals surface area contributed by atoms with Gasteiger partial charge < -0.3 is 20.4 Å². The van der Waals surface area contributed by atoms with Gasteiger partial charge in [0.25, 0.3) is 0 Å². The number of aliphatic imine (C=N–C) groups is 1. The number of rotatable bonds is 6. The van der Waals surface area contributed by atoms with Crippen molar-refractivity contribution in [2.24, 2.45) is 10.9 Å². The summed E-state index contributed by atoms with van der Waals surface area (Å²) in [7, 11) is 0. The third kappa shape index (κ3) is 6.72. The maximum atomic E-state index is 14.0. The van der Waals surface area contributed by atoms with Gasteiger partial charge in [-0.25, -0.2) is 9.37 Å². The van der Waals surface area contributed by atoms with E-state index in [1.54, 1.807) is 12.3 Å². The highest BCUT2D eigenvalue weighted by Gasteiger charge is 2.26. The van der Waals surface area contributed by atoms with E-state index in [1.165, 1.54) is 32.0 Å². The molecule has 8 heteroatoms. The van der Waals surface area contributed by atoms with Gasteiger partial charge >= 0.3 is 0 Å². The highest BCUT2D eigenvalue weighted by molar-refractivity contribution is 14.0. The van der Waals surface area contributed by atoms with Crippen molar-refractivity contribution >= 4 is 35.8 Å². The summed E-state index contributed by atoms with van der Waals surface area (Å²) in [5.41, 5.74) is 0. The number of nitrogens with one attached hydrogen (secondary N) is 2. The number of aromatic nitrogens is 1. The molecule has 0 amide bonds. The molecule has 0 saturated carbocycles. The van der Waals surface area contributed by atoms with Gasteiger partial charge in [0.15, 0.2) is 17.6 Å². The van der Waals surface area contributed by atoms with Gasteiger partial charge in [0, 0.05) is 45.0 Å². The van der Waals surface area contributed by atoms with Crippen LogP contribution in [0.4, 0.5) is 10.2 Å². The molecule has 3 heterocycles. The number of hydrogen-bond donors (Lipinski definition) is 2. The zero-order valence-corrected chi connectivity index (χ0v) is 19.4. The van der Waals surface area contributed by atoms with Crippen molar-refractivity contribution in [1.82, 2.24) is 20.5 Å². The van der Waals surface area contributed by atoms with Gasteiger partial charge in [-0.2, -0.15) is 0 Å². The second kappa shape index (κ2) is 11.7. The van der Waals surface area contributed by atoms with E-state index in [4.69, 9.17) is 4.99 Å². The Hall–Kier alpha value is -1.16. The van der Waals surface area contributed by atoms with Crippen molar-refractivity contribution in [2.75, 3.05) is 50.7 Å². The number of halogens is 2. The third-order valence-corrected chi connectivity index (χ3v) is 5.34. The van der Waals surface area contributed by atoms with E-state index in [1.807, 2.05) is 4.90 Å².